The van der Waals surface area contributed by atoms with Crippen LogP contribution in [0.3, 0.4) is 0 Å². The van der Waals surface area contributed by atoms with Crippen LogP contribution in [0.15, 0.2) is 24.3 Å². The Kier molecular flexibility index (Phi) is 6.52. The zero-order valence-electron chi connectivity index (χ0n) is 11.8. The molecule has 0 bridgehead atoms. The summed E-state index contributed by atoms with van der Waals surface area (Å²) in [6, 6.07) is 6.01. The van der Waals surface area contributed by atoms with E-state index in [1.165, 1.54) is 0 Å². The lowest BCUT2D eigenvalue weighted by Gasteiger charge is -2.14. The molecule has 0 radical (unpaired) electrons. The van der Waals surface area contributed by atoms with Crippen LogP contribution in [0.4, 0.5) is 10.5 Å². The zero-order valence-corrected chi connectivity index (χ0v) is 11.8. The maximum absolute atomic E-state index is 11.8. The predicted octanol–water partition coefficient (Wildman–Crippen LogP) is 1.78. The third kappa shape index (κ3) is 5.27. The number of carboxylic acid groups (broad SMARTS) is 1. The van der Waals surface area contributed by atoms with Gasteiger partial charge in [-0.05, 0) is 31.2 Å². The number of nitrogens with one attached hydrogen (secondary N) is 3. The van der Waals surface area contributed by atoms with Crippen molar-refractivity contribution in [3.63, 3.8) is 0 Å². The van der Waals surface area contributed by atoms with Crippen LogP contribution in [0.2, 0.25) is 0 Å². The number of carboxylic acids is 1. The van der Waals surface area contributed by atoms with Crippen molar-refractivity contribution >= 4 is 17.7 Å². The highest BCUT2D eigenvalue weighted by molar-refractivity contribution is 5.92. The van der Waals surface area contributed by atoms with E-state index in [1.807, 2.05) is 32.2 Å². The lowest BCUT2D eigenvalue weighted by Crippen LogP contribution is -2.42. The highest BCUT2D eigenvalue weighted by Crippen LogP contribution is 2.10. The first-order valence-electron chi connectivity index (χ1n) is 6.60. The Morgan fingerprint density at radius 1 is 1.35 bits per heavy atom. The molecular formula is C14H21N3O3. The average molecular weight is 279 g/mol. The number of rotatable bonds is 7. The van der Waals surface area contributed by atoms with Gasteiger partial charge in [0.1, 0.15) is 6.04 Å². The number of hydrogen-bond donors (Lipinski definition) is 4. The van der Waals surface area contributed by atoms with E-state index in [2.05, 4.69) is 16.0 Å². The first-order chi connectivity index (χ1) is 9.56. The van der Waals surface area contributed by atoms with Crippen LogP contribution in [0.5, 0.6) is 0 Å². The monoisotopic (exact) mass is 279 g/mol. The summed E-state index contributed by atoms with van der Waals surface area (Å²) in [5, 5.41) is 17.1. The molecule has 0 aromatic heterocycles. The molecule has 1 aromatic rings. The van der Waals surface area contributed by atoms with Gasteiger partial charge < -0.3 is 21.1 Å². The summed E-state index contributed by atoms with van der Waals surface area (Å²) >= 11 is 0. The van der Waals surface area contributed by atoms with Gasteiger partial charge in [0, 0.05) is 12.2 Å². The molecule has 6 nitrogen and oxygen atoms in total. The highest BCUT2D eigenvalue weighted by Gasteiger charge is 2.18. The SMILES string of the molecule is CCC[C@H](NC(=O)Nc1cccc(CNC)c1)C(=O)O. The number of hydrogen-bond acceptors (Lipinski definition) is 3. The number of anilines is 1. The Hall–Kier alpha value is -2.08. The molecule has 0 heterocycles. The summed E-state index contributed by atoms with van der Waals surface area (Å²) in [6.45, 7) is 2.57. The first kappa shape index (κ1) is 16.0. The number of aliphatic carboxylic acids is 1. The van der Waals surface area contributed by atoms with Gasteiger partial charge in [-0.1, -0.05) is 25.5 Å². The fraction of sp³-hybridized carbons (Fsp3) is 0.429. The summed E-state index contributed by atoms with van der Waals surface area (Å²) in [7, 11) is 1.84. The molecule has 0 spiro atoms. The standard InChI is InChI=1S/C14H21N3O3/c1-3-5-12(13(18)19)17-14(20)16-11-7-4-6-10(8-11)9-15-2/h4,6-8,12,15H,3,5,9H2,1-2H3,(H,18,19)(H2,16,17,20)/t12-/m0/s1. The maximum atomic E-state index is 11.8. The summed E-state index contributed by atoms with van der Waals surface area (Å²) in [5.74, 6) is -1.02. The third-order valence-corrected chi connectivity index (χ3v) is 2.75. The second kappa shape index (κ2) is 8.16. The lowest BCUT2D eigenvalue weighted by molar-refractivity contribution is -0.139. The number of benzene rings is 1. The van der Waals surface area contributed by atoms with Gasteiger partial charge in [0.05, 0.1) is 0 Å². The average Bonchev–Trinajstić information content (AvgIpc) is 2.38. The Bertz CT molecular complexity index is 463. The Morgan fingerprint density at radius 2 is 2.10 bits per heavy atom. The minimum atomic E-state index is -1.02. The van der Waals surface area contributed by atoms with Crippen molar-refractivity contribution < 1.29 is 14.7 Å². The van der Waals surface area contributed by atoms with Crippen LogP contribution in [-0.4, -0.2) is 30.2 Å². The van der Waals surface area contributed by atoms with Crippen molar-refractivity contribution in [3.05, 3.63) is 29.8 Å². The predicted molar refractivity (Wildman–Crippen MR) is 77.7 cm³/mol. The van der Waals surface area contributed by atoms with Crippen molar-refractivity contribution in [1.29, 1.82) is 0 Å². The number of urea groups is 1. The van der Waals surface area contributed by atoms with Gasteiger partial charge in [-0.15, -0.1) is 0 Å². The first-order valence-corrected chi connectivity index (χ1v) is 6.60. The fourth-order valence-corrected chi connectivity index (χ4v) is 1.83. The van der Waals surface area contributed by atoms with Crippen LogP contribution in [-0.2, 0) is 11.3 Å². The second-order valence-electron chi connectivity index (χ2n) is 4.51. The molecule has 1 atom stereocenters. The van der Waals surface area contributed by atoms with Gasteiger partial charge in [0.15, 0.2) is 0 Å². The molecule has 20 heavy (non-hydrogen) atoms. The molecule has 110 valence electrons. The molecule has 2 amide bonds. The van der Waals surface area contributed by atoms with Crippen molar-refractivity contribution in [1.82, 2.24) is 10.6 Å². The Morgan fingerprint density at radius 3 is 2.70 bits per heavy atom. The minimum absolute atomic E-state index is 0.405. The summed E-state index contributed by atoms with van der Waals surface area (Å²) in [6.07, 6.45) is 1.09. The van der Waals surface area contributed by atoms with Gasteiger partial charge in [-0.25, -0.2) is 9.59 Å². The van der Waals surface area contributed by atoms with Crippen molar-refractivity contribution in [3.8, 4) is 0 Å². The molecule has 0 fully saturated rings. The molecule has 4 N–H and O–H groups in total. The van der Waals surface area contributed by atoms with Gasteiger partial charge >= 0.3 is 12.0 Å². The van der Waals surface area contributed by atoms with Crippen LogP contribution >= 0.6 is 0 Å². The molecule has 6 heteroatoms. The van der Waals surface area contributed by atoms with Gasteiger partial charge in [0.2, 0.25) is 0 Å². The summed E-state index contributed by atoms with van der Waals surface area (Å²) < 4.78 is 0. The van der Waals surface area contributed by atoms with Crippen LogP contribution in [0.1, 0.15) is 25.3 Å². The smallest absolute Gasteiger partial charge is 0.326 e. The Balaban J connectivity index is 2.61. The van der Waals surface area contributed by atoms with Crippen LogP contribution < -0.4 is 16.0 Å². The highest BCUT2D eigenvalue weighted by atomic mass is 16.4. The van der Waals surface area contributed by atoms with Crippen molar-refractivity contribution in [2.24, 2.45) is 0 Å². The van der Waals surface area contributed by atoms with Gasteiger partial charge in [-0.2, -0.15) is 0 Å². The molecular weight excluding hydrogens is 258 g/mol. The van der Waals surface area contributed by atoms with Gasteiger partial charge in [-0.3, -0.25) is 0 Å². The molecule has 0 unspecified atom stereocenters. The largest absolute Gasteiger partial charge is 0.480 e. The van der Waals surface area contributed by atoms with Crippen molar-refractivity contribution in [2.45, 2.75) is 32.4 Å². The summed E-state index contributed by atoms with van der Waals surface area (Å²) in [4.78, 5) is 22.7. The fourth-order valence-electron chi connectivity index (χ4n) is 1.83. The minimum Gasteiger partial charge on any atom is -0.480 e. The maximum Gasteiger partial charge on any atom is 0.326 e. The molecule has 0 saturated carbocycles. The molecule has 0 saturated heterocycles. The van der Waals surface area contributed by atoms with E-state index in [4.69, 9.17) is 5.11 Å². The van der Waals surface area contributed by atoms with E-state index >= 15 is 0 Å². The van der Waals surface area contributed by atoms with E-state index < -0.39 is 18.0 Å². The van der Waals surface area contributed by atoms with E-state index in [-0.39, 0.29) is 0 Å². The normalized spacial score (nSPS) is 11.7. The van der Waals surface area contributed by atoms with E-state index in [0.717, 1.165) is 5.56 Å². The van der Waals surface area contributed by atoms with E-state index in [0.29, 0.717) is 25.1 Å². The van der Waals surface area contributed by atoms with Gasteiger partial charge in [0.25, 0.3) is 0 Å². The van der Waals surface area contributed by atoms with Crippen LogP contribution in [0, 0.1) is 0 Å². The molecule has 0 aliphatic heterocycles. The molecule has 1 aromatic carbocycles. The number of carbonyl (C=O) groups excluding carboxylic acids is 1. The Labute approximate surface area is 118 Å². The molecule has 1 rings (SSSR count). The lowest BCUT2D eigenvalue weighted by atomic mass is 10.2. The topological polar surface area (TPSA) is 90.5 Å². The van der Waals surface area contributed by atoms with E-state index in [1.54, 1.807) is 6.07 Å². The van der Waals surface area contributed by atoms with Crippen LogP contribution in [0.25, 0.3) is 0 Å². The summed E-state index contributed by atoms with van der Waals surface area (Å²) in [5.41, 5.74) is 1.67. The second-order valence-corrected chi connectivity index (χ2v) is 4.51. The quantitative estimate of drug-likeness (QED) is 0.612. The third-order valence-electron chi connectivity index (χ3n) is 2.75. The number of carbonyl (C=O) groups is 2. The van der Waals surface area contributed by atoms with E-state index in [9.17, 15) is 9.59 Å². The molecule has 0 aliphatic rings. The zero-order chi connectivity index (χ0) is 15.0. The molecule has 0 aliphatic carbocycles. The van der Waals surface area contributed by atoms with Crippen molar-refractivity contribution in [2.75, 3.05) is 12.4 Å². The number of amides is 2.